The quantitative estimate of drug-likeness (QED) is 0.360. The molecule has 9 heteroatoms. The first-order valence-electron chi connectivity index (χ1n) is 10.6. The highest BCUT2D eigenvalue weighted by Crippen LogP contribution is 2.27. The van der Waals surface area contributed by atoms with E-state index in [1.165, 1.54) is 12.1 Å². The van der Waals surface area contributed by atoms with Crippen LogP contribution in [0, 0.1) is 17.5 Å². The fourth-order valence-corrected chi connectivity index (χ4v) is 3.96. The van der Waals surface area contributed by atoms with Gasteiger partial charge in [-0.25, -0.2) is 18.2 Å². The number of hydrogen-bond acceptors (Lipinski definition) is 4. The summed E-state index contributed by atoms with van der Waals surface area (Å²) in [7, 11) is 0. The third kappa shape index (κ3) is 3.90. The summed E-state index contributed by atoms with van der Waals surface area (Å²) >= 11 is 0. The third-order valence-electron chi connectivity index (χ3n) is 5.61. The average Bonchev–Trinajstić information content (AvgIpc) is 3.38. The molecule has 0 fully saturated rings. The van der Waals surface area contributed by atoms with Gasteiger partial charge in [-0.3, -0.25) is 4.98 Å². The zero-order chi connectivity index (χ0) is 23.1. The average molecular weight is 450 g/mol. The van der Waals surface area contributed by atoms with Crippen LogP contribution in [0.3, 0.4) is 0 Å². The molecule has 0 saturated carbocycles. The Morgan fingerprint density at radius 1 is 1.03 bits per heavy atom. The van der Waals surface area contributed by atoms with Crippen LogP contribution < -0.4 is 5.32 Å². The second-order valence-electron chi connectivity index (χ2n) is 8.21. The van der Waals surface area contributed by atoms with Crippen LogP contribution in [0.2, 0.25) is 0 Å². The second-order valence-corrected chi connectivity index (χ2v) is 8.21. The molecule has 0 radical (unpaired) electrons. The summed E-state index contributed by atoms with van der Waals surface area (Å²) in [5, 5.41) is 8.34. The van der Waals surface area contributed by atoms with Crippen molar-refractivity contribution in [1.82, 2.24) is 24.6 Å². The zero-order valence-corrected chi connectivity index (χ0v) is 18.0. The predicted molar refractivity (Wildman–Crippen MR) is 121 cm³/mol. The summed E-state index contributed by atoms with van der Waals surface area (Å²) in [5.74, 6) is -0.815. The molecule has 0 atom stereocenters. The van der Waals surface area contributed by atoms with Gasteiger partial charge >= 0.3 is 0 Å². The molecule has 5 rings (SSSR count). The highest BCUT2D eigenvalue weighted by Gasteiger charge is 2.16. The molecule has 0 amide bonds. The number of benzene rings is 1. The molecule has 4 heterocycles. The fourth-order valence-electron chi connectivity index (χ4n) is 3.96. The van der Waals surface area contributed by atoms with E-state index in [0.29, 0.717) is 41.1 Å². The molecule has 5 aromatic rings. The van der Waals surface area contributed by atoms with Crippen molar-refractivity contribution in [2.45, 2.75) is 26.2 Å². The Kier molecular flexibility index (Phi) is 5.24. The van der Waals surface area contributed by atoms with Crippen LogP contribution in [0.4, 0.5) is 19.0 Å². The molecule has 6 nitrogen and oxygen atoms in total. The minimum absolute atomic E-state index is 0.194. The molecule has 2 N–H and O–H groups in total. The van der Waals surface area contributed by atoms with Gasteiger partial charge in [0.2, 0.25) is 0 Å². The van der Waals surface area contributed by atoms with E-state index >= 15 is 0 Å². The van der Waals surface area contributed by atoms with Gasteiger partial charge < -0.3 is 10.3 Å². The number of nitrogens with zero attached hydrogens (tertiary/aromatic N) is 4. The van der Waals surface area contributed by atoms with Gasteiger partial charge in [-0.1, -0.05) is 13.8 Å². The molecule has 1 aromatic carbocycles. The summed E-state index contributed by atoms with van der Waals surface area (Å²) in [5.41, 5.74) is 3.83. The topological polar surface area (TPSA) is 70.9 Å². The van der Waals surface area contributed by atoms with Crippen molar-refractivity contribution in [3.8, 4) is 11.3 Å². The molecule has 0 aliphatic rings. The molecule has 0 aliphatic carbocycles. The minimum atomic E-state index is -0.619. The van der Waals surface area contributed by atoms with Crippen molar-refractivity contribution in [3.63, 3.8) is 0 Å². The molecular weight excluding hydrogens is 429 g/mol. The van der Waals surface area contributed by atoms with Crippen LogP contribution in [0.1, 0.15) is 30.9 Å². The normalized spacial score (nSPS) is 11.7. The number of halogens is 3. The first-order chi connectivity index (χ1) is 15.9. The Morgan fingerprint density at radius 3 is 2.67 bits per heavy atom. The van der Waals surface area contributed by atoms with E-state index in [1.807, 2.05) is 0 Å². The van der Waals surface area contributed by atoms with E-state index in [1.54, 1.807) is 29.2 Å². The Balaban J connectivity index is 1.48. The fraction of sp³-hybridized carbons (Fsp3) is 0.208. The molecule has 0 bridgehead atoms. The molecular formula is C24H21F3N6. The van der Waals surface area contributed by atoms with Crippen molar-refractivity contribution in [2.24, 2.45) is 0 Å². The summed E-state index contributed by atoms with van der Waals surface area (Å²) in [6.07, 6.45) is 6.68. The number of aromatic nitrogens is 5. The highest BCUT2D eigenvalue weighted by atomic mass is 19.1. The molecule has 33 heavy (non-hydrogen) atoms. The van der Waals surface area contributed by atoms with E-state index in [0.717, 1.165) is 23.4 Å². The van der Waals surface area contributed by atoms with E-state index < -0.39 is 17.5 Å². The third-order valence-corrected chi connectivity index (χ3v) is 5.61. The van der Waals surface area contributed by atoms with E-state index in [2.05, 4.69) is 34.2 Å². The Bertz CT molecular complexity index is 1470. The van der Waals surface area contributed by atoms with Crippen LogP contribution in [-0.2, 0) is 6.42 Å². The Morgan fingerprint density at radius 2 is 1.88 bits per heavy atom. The summed E-state index contributed by atoms with van der Waals surface area (Å²) in [6, 6.07) is 5.36. The van der Waals surface area contributed by atoms with Gasteiger partial charge in [0.1, 0.15) is 23.3 Å². The van der Waals surface area contributed by atoms with Gasteiger partial charge in [-0.05, 0) is 30.0 Å². The lowest BCUT2D eigenvalue weighted by Crippen LogP contribution is -2.10. The number of rotatable bonds is 6. The number of aromatic amines is 1. The lowest BCUT2D eigenvalue weighted by molar-refractivity contribution is 0.591. The van der Waals surface area contributed by atoms with E-state index in [-0.39, 0.29) is 11.4 Å². The SMILES string of the molecule is CC(C)c1cnn2c(NCCc3c[nH]c4c(F)cc(F)cc34)cc(-c3cncc(F)c3)nc12. The van der Waals surface area contributed by atoms with Gasteiger partial charge in [0.25, 0.3) is 0 Å². The predicted octanol–water partition coefficient (Wildman–Crippen LogP) is 5.47. The monoisotopic (exact) mass is 450 g/mol. The van der Waals surface area contributed by atoms with Crippen molar-refractivity contribution >= 4 is 22.4 Å². The molecule has 0 aliphatic heterocycles. The molecule has 4 aromatic heterocycles. The van der Waals surface area contributed by atoms with Crippen molar-refractivity contribution in [2.75, 3.05) is 11.9 Å². The standard InChI is InChI=1S/C24H21F3N6/c1-13(2)19-12-31-33-22(8-21(32-24(19)33)15-5-17(26)11-28-9-15)29-4-3-14-10-30-23-18(14)6-16(25)7-20(23)27/h5-13,29-30H,3-4H2,1-2H3. The lowest BCUT2D eigenvalue weighted by Gasteiger charge is -2.12. The van der Waals surface area contributed by atoms with Crippen LogP contribution in [-0.4, -0.2) is 31.1 Å². The van der Waals surface area contributed by atoms with Crippen molar-refractivity contribution in [1.29, 1.82) is 0 Å². The highest BCUT2D eigenvalue weighted by molar-refractivity contribution is 5.83. The number of fused-ring (bicyclic) bond motifs is 2. The molecule has 0 saturated heterocycles. The first-order valence-corrected chi connectivity index (χ1v) is 10.6. The number of H-pyrrole nitrogens is 1. The smallest absolute Gasteiger partial charge is 0.161 e. The first kappa shape index (κ1) is 21.0. The number of nitrogens with one attached hydrogen (secondary N) is 2. The second kappa shape index (κ2) is 8.23. The van der Waals surface area contributed by atoms with Crippen molar-refractivity contribution < 1.29 is 13.2 Å². The van der Waals surface area contributed by atoms with E-state index in [9.17, 15) is 13.2 Å². The maximum Gasteiger partial charge on any atom is 0.161 e. The van der Waals surface area contributed by atoms with Gasteiger partial charge in [-0.15, -0.1) is 0 Å². The van der Waals surface area contributed by atoms with Crippen LogP contribution in [0.25, 0.3) is 27.8 Å². The maximum absolute atomic E-state index is 14.0. The Hall–Kier alpha value is -3.88. The molecule has 0 unspecified atom stereocenters. The van der Waals surface area contributed by atoms with Gasteiger partial charge in [0.05, 0.1) is 23.6 Å². The minimum Gasteiger partial charge on any atom is -0.370 e. The van der Waals surface area contributed by atoms with E-state index in [4.69, 9.17) is 4.98 Å². The van der Waals surface area contributed by atoms with Crippen LogP contribution >= 0.6 is 0 Å². The van der Waals surface area contributed by atoms with Gasteiger partial charge in [0.15, 0.2) is 5.65 Å². The number of hydrogen-bond donors (Lipinski definition) is 2. The van der Waals surface area contributed by atoms with Crippen molar-refractivity contribution in [3.05, 3.63) is 77.6 Å². The summed E-state index contributed by atoms with van der Waals surface area (Å²) < 4.78 is 43.2. The van der Waals surface area contributed by atoms with Crippen LogP contribution in [0.5, 0.6) is 0 Å². The van der Waals surface area contributed by atoms with Crippen LogP contribution in [0.15, 0.2) is 49.1 Å². The maximum atomic E-state index is 14.0. The molecule has 168 valence electrons. The zero-order valence-electron chi connectivity index (χ0n) is 18.0. The van der Waals surface area contributed by atoms with Gasteiger partial charge in [-0.2, -0.15) is 9.61 Å². The summed E-state index contributed by atoms with van der Waals surface area (Å²) in [4.78, 5) is 11.5. The number of anilines is 1. The summed E-state index contributed by atoms with van der Waals surface area (Å²) in [6.45, 7) is 4.58. The molecule has 0 spiro atoms. The number of pyridine rings is 1. The largest absolute Gasteiger partial charge is 0.370 e. The Labute approximate surface area is 187 Å². The van der Waals surface area contributed by atoms with Gasteiger partial charge in [0, 0.05) is 47.6 Å². The lowest BCUT2D eigenvalue weighted by atomic mass is 10.1.